The van der Waals surface area contributed by atoms with Crippen molar-refractivity contribution in [3.05, 3.63) is 29.3 Å². The molecule has 2 rings (SSSR count). The van der Waals surface area contributed by atoms with Gasteiger partial charge in [-0.25, -0.2) is 19.4 Å². The summed E-state index contributed by atoms with van der Waals surface area (Å²) < 4.78 is 1.46. The van der Waals surface area contributed by atoms with Crippen LogP contribution in [0.25, 0.3) is 0 Å². The van der Waals surface area contributed by atoms with E-state index in [-0.39, 0.29) is 5.69 Å². The maximum absolute atomic E-state index is 10.6. The molecule has 100 valence electrons. The maximum atomic E-state index is 10.6. The topological polar surface area (TPSA) is 106 Å². The Morgan fingerprint density at radius 2 is 2.05 bits per heavy atom. The Morgan fingerprint density at radius 1 is 1.37 bits per heavy atom. The molecule has 2 aromatic heterocycles. The summed E-state index contributed by atoms with van der Waals surface area (Å²) in [6.07, 6.45) is 1.38. The van der Waals surface area contributed by atoms with Gasteiger partial charge in [-0.15, -0.1) is 5.10 Å². The molecule has 0 bridgehead atoms. The minimum atomic E-state index is -1.09. The first-order chi connectivity index (χ1) is 9.04. The summed E-state index contributed by atoms with van der Waals surface area (Å²) >= 11 is 0. The van der Waals surface area contributed by atoms with Crippen molar-refractivity contribution < 1.29 is 9.90 Å². The van der Waals surface area contributed by atoms with Crippen molar-refractivity contribution in [2.45, 2.75) is 20.4 Å². The molecular weight excluding hydrogens is 248 g/mol. The standard InChI is InChI=1S/C11H14N6O2/c1-7-5-8(2)14-11(13-7)12-3-4-17-6-9(10(18)19)15-16-17/h5-6H,3-4H2,1-2H3,(H,18,19)(H,12,13,14). The zero-order valence-electron chi connectivity index (χ0n) is 10.7. The first kappa shape index (κ1) is 12.9. The lowest BCUT2D eigenvalue weighted by Gasteiger charge is -2.06. The van der Waals surface area contributed by atoms with Gasteiger partial charge in [-0.05, 0) is 19.9 Å². The first-order valence-corrected chi connectivity index (χ1v) is 5.74. The highest BCUT2D eigenvalue weighted by atomic mass is 16.4. The van der Waals surface area contributed by atoms with Crippen molar-refractivity contribution in [3.63, 3.8) is 0 Å². The highest BCUT2D eigenvalue weighted by Crippen LogP contribution is 2.03. The molecule has 2 aromatic rings. The molecule has 0 aliphatic rings. The number of aromatic nitrogens is 5. The Hall–Kier alpha value is -2.51. The Kier molecular flexibility index (Phi) is 3.69. The summed E-state index contributed by atoms with van der Waals surface area (Å²) in [6.45, 7) is 4.81. The number of aromatic carboxylic acids is 1. The van der Waals surface area contributed by atoms with Crippen molar-refractivity contribution in [2.24, 2.45) is 0 Å². The Balaban J connectivity index is 1.90. The molecule has 19 heavy (non-hydrogen) atoms. The van der Waals surface area contributed by atoms with E-state index in [0.717, 1.165) is 11.4 Å². The molecule has 2 N–H and O–H groups in total. The molecule has 8 heteroatoms. The van der Waals surface area contributed by atoms with Gasteiger partial charge in [-0.3, -0.25) is 0 Å². The van der Waals surface area contributed by atoms with Gasteiger partial charge in [0.1, 0.15) is 0 Å². The molecule has 2 heterocycles. The Bertz CT molecular complexity index is 574. The van der Waals surface area contributed by atoms with Crippen LogP contribution in [0.1, 0.15) is 21.9 Å². The number of hydrogen-bond acceptors (Lipinski definition) is 6. The Labute approximate surface area is 109 Å². The van der Waals surface area contributed by atoms with Crippen molar-refractivity contribution in [1.82, 2.24) is 25.0 Å². The number of rotatable bonds is 5. The average Bonchev–Trinajstić information content (AvgIpc) is 2.76. The summed E-state index contributed by atoms with van der Waals surface area (Å²) in [5.41, 5.74) is 1.72. The summed E-state index contributed by atoms with van der Waals surface area (Å²) in [5.74, 6) is -0.534. The maximum Gasteiger partial charge on any atom is 0.358 e. The zero-order valence-corrected chi connectivity index (χ0v) is 10.7. The lowest BCUT2D eigenvalue weighted by Crippen LogP contribution is -2.13. The molecule has 0 atom stereocenters. The molecule has 0 spiro atoms. The number of carbonyl (C=O) groups is 1. The molecule has 0 saturated heterocycles. The molecule has 0 aliphatic carbocycles. The van der Waals surface area contributed by atoms with Crippen LogP contribution in [-0.2, 0) is 6.54 Å². The van der Waals surface area contributed by atoms with E-state index in [1.807, 2.05) is 19.9 Å². The second kappa shape index (κ2) is 5.42. The monoisotopic (exact) mass is 262 g/mol. The number of nitrogens with one attached hydrogen (secondary N) is 1. The van der Waals surface area contributed by atoms with Crippen LogP contribution in [0.15, 0.2) is 12.3 Å². The quantitative estimate of drug-likeness (QED) is 0.807. The SMILES string of the molecule is Cc1cc(C)nc(NCCn2cc(C(=O)O)nn2)n1. The average molecular weight is 262 g/mol. The van der Waals surface area contributed by atoms with Crippen molar-refractivity contribution >= 4 is 11.9 Å². The van der Waals surface area contributed by atoms with Gasteiger partial charge in [0.15, 0.2) is 5.69 Å². The number of anilines is 1. The van der Waals surface area contributed by atoms with Crippen LogP contribution in [-0.4, -0.2) is 42.6 Å². The van der Waals surface area contributed by atoms with Crippen LogP contribution >= 0.6 is 0 Å². The van der Waals surface area contributed by atoms with Crippen LogP contribution < -0.4 is 5.32 Å². The largest absolute Gasteiger partial charge is 0.476 e. The van der Waals surface area contributed by atoms with Crippen LogP contribution in [0.3, 0.4) is 0 Å². The van der Waals surface area contributed by atoms with Crippen LogP contribution in [0.2, 0.25) is 0 Å². The van der Waals surface area contributed by atoms with E-state index in [2.05, 4.69) is 25.6 Å². The zero-order chi connectivity index (χ0) is 13.8. The van der Waals surface area contributed by atoms with Crippen LogP contribution in [0.5, 0.6) is 0 Å². The Morgan fingerprint density at radius 3 is 2.63 bits per heavy atom. The fraction of sp³-hybridized carbons (Fsp3) is 0.364. The third kappa shape index (κ3) is 3.47. The van der Waals surface area contributed by atoms with Gasteiger partial charge < -0.3 is 10.4 Å². The molecule has 8 nitrogen and oxygen atoms in total. The van der Waals surface area contributed by atoms with Gasteiger partial charge in [0.25, 0.3) is 0 Å². The summed E-state index contributed by atoms with van der Waals surface area (Å²) in [4.78, 5) is 19.1. The number of carboxylic acids is 1. The highest BCUT2D eigenvalue weighted by molar-refractivity contribution is 5.84. The third-order valence-corrected chi connectivity index (χ3v) is 2.36. The molecule has 0 amide bonds. The van der Waals surface area contributed by atoms with Crippen molar-refractivity contribution in [2.75, 3.05) is 11.9 Å². The van der Waals surface area contributed by atoms with Gasteiger partial charge in [0, 0.05) is 17.9 Å². The normalized spacial score (nSPS) is 10.4. The molecule has 0 fully saturated rings. The smallest absolute Gasteiger partial charge is 0.358 e. The van der Waals surface area contributed by atoms with Crippen molar-refractivity contribution in [3.8, 4) is 0 Å². The molecule has 0 aromatic carbocycles. The second-order valence-electron chi connectivity index (χ2n) is 4.07. The minimum absolute atomic E-state index is 0.0670. The van der Waals surface area contributed by atoms with E-state index in [1.165, 1.54) is 10.9 Å². The molecule has 0 saturated carbocycles. The third-order valence-electron chi connectivity index (χ3n) is 2.36. The van der Waals surface area contributed by atoms with Gasteiger partial charge in [-0.1, -0.05) is 5.21 Å². The first-order valence-electron chi connectivity index (χ1n) is 5.74. The molecule has 0 radical (unpaired) electrons. The van der Waals surface area contributed by atoms with E-state index in [4.69, 9.17) is 5.11 Å². The highest BCUT2D eigenvalue weighted by Gasteiger charge is 2.07. The minimum Gasteiger partial charge on any atom is -0.476 e. The fourth-order valence-corrected chi connectivity index (χ4v) is 1.59. The molecule has 0 aliphatic heterocycles. The number of aryl methyl sites for hydroxylation is 2. The van der Waals surface area contributed by atoms with E-state index in [9.17, 15) is 4.79 Å². The fourth-order valence-electron chi connectivity index (χ4n) is 1.59. The lowest BCUT2D eigenvalue weighted by molar-refractivity contribution is 0.0690. The van der Waals surface area contributed by atoms with Gasteiger partial charge in [0.05, 0.1) is 12.7 Å². The van der Waals surface area contributed by atoms with Gasteiger partial charge >= 0.3 is 5.97 Å². The molecule has 0 unspecified atom stereocenters. The number of hydrogen-bond donors (Lipinski definition) is 2. The van der Waals surface area contributed by atoms with Gasteiger partial charge in [-0.2, -0.15) is 0 Å². The second-order valence-corrected chi connectivity index (χ2v) is 4.07. The van der Waals surface area contributed by atoms with Crippen LogP contribution in [0, 0.1) is 13.8 Å². The molecular formula is C11H14N6O2. The number of carboxylic acid groups (broad SMARTS) is 1. The van der Waals surface area contributed by atoms with Crippen LogP contribution in [0.4, 0.5) is 5.95 Å². The predicted octanol–water partition coefficient (Wildman–Crippen LogP) is 0.495. The van der Waals surface area contributed by atoms with E-state index < -0.39 is 5.97 Å². The summed E-state index contributed by atoms with van der Waals surface area (Å²) in [7, 11) is 0. The van der Waals surface area contributed by atoms with E-state index in [0.29, 0.717) is 19.0 Å². The van der Waals surface area contributed by atoms with E-state index >= 15 is 0 Å². The van der Waals surface area contributed by atoms with E-state index in [1.54, 1.807) is 0 Å². The number of nitrogens with zero attached hydrogens (tertiary/aromatic N) is 5. The summed E-state index contributed by atoms with van der Waals surface area (Å²) in [6, 6.07) is 1.89. The predicted molar refractivity (Wildman–Crippen MR) is 67.0 cm³/mol. The van der Waals surface area contributed by atoms with Crippen molar-refractivity contribution in [1.29, 1.82) is 0 Å². The lowest BCUT2D eigenvalue weighted by atomic mass is 10.4. The summed E-state index contributed by atoms with van der Waals surface area (Å²) in [5, 5.41) is 19.0. The van der Waals surface area contributed by atoms with Gasteiger partial charge in [0.2, 0.25) is 5.95 Å².